The van der Waals surface area contributed by atoms with E-state index < -0.39 is 0 Å². The van der Waals surface area contributed by atoms with Gasteiger partial charge in [0.15, 0.2) is 0 Å². The lowest BCUT2D eigenvalue weighted by molar-refractivity contribution is 0.814. The largest absolute Gasteiger partial charge is 0.355 e. The van der Waals surface area contributed by atoms with Crippen LogP contribution in [0.1, 0.15) is 41.4 Å². The Morgan fingerprint density at radius 2 is 1.79 bits per heavy atom. The van der Waals surface area contributed by atoms with Gasteiger partial charge in [0.05, 0.1) is 16.7 Å². The molecular formula is C26H27N3. The van der Waals surface area contributed by atoms with Gasteiger partial charge in [-0.3, -0.25) is 4.57 Å². The molecule has 3 aromatic carbocycles. The van der Waals surface area contributed by atoms with Crippen LogP contribution in [0, 0.1) is 13.8 Å². The fraction of sp³-hybridized carbons (Fsp3) is 0.269. The Balaban J connectivity index is 1.69. The van der Waals surface area contributed by atoms with E-state index in [0.29, 0.717) is 0 Å². The van der Waals surface area contributed by atoms with Crippen LogP contribution in [0.4, 0.5) is 11.4 Å². The number of rotatable bonds is 3. The van der Waals surface area contributed by atoms with Crippen molar-refractivity contribution in [1.29, 1.82) is 0 Å². The molecule has 29 heavy (non-hydrogen) atoms. The zero-order valence-electron chi connectivity index (χ0n) is 17.4. The topological polar surface area (TPSA) is 29.9 Å². The summed E-state index contributed by atoms with van der Waals surface area (Å²) in [5.41, 5.74) is 11.4. The van der Waals surface area contributed by atoms with Crippen molar-refractivity contribution in [3.05, 3.63) is 82.7 Å². The Kier molecular flexibility index (Phi) is 4.39. The van der Waals surface area contributed by atoms with Crippen molar-refractivity contribution in [2.75, 3.05) is 5.32 Å². The van der Waals surface area contributed by atoms with Crippen molar-refractivity contribution < 1.29 is 0 Å². The minimum absolute atomic E-state index is 0.980. The Hall–Kier alpha value is -3.07. The van der Waals surface area contributed by atoms with Gasteiger partial charge in [-0.2, -0.15) is 0 Å². The number of hydrogen-bond donors (Lipinski definition) is 1. The molecule has 0 aliphatic carbocycles. The molecule has 1 aliphatic rings. The van der Waals surface area contributed by atoms with E-state index in [0.717, 1.165) is 37.0 Å². The summed E-state index contributed by atoms with van der Waals surface area (Å²) < 4.78 is 2.39. The molecule has 0 saturated heterocycles. The highest BCUT2D eigenvalue weighted by molar-refractivity contribution is 5.82. The molecule has 1 N–H and O–H groups in total. The van der Waals surface area contributed by atoms with Crippen LogP contribution in [-0.2, 0) is 19.3 Å². The second kappa shape index (κ2) is 7.07. The van der Waals surface area contributed by atoms with Gasteiger partial charge in [0.2, 0.25) is 0 Å². The van der Waals surface area contributed by atoms with Gasteiger partial charge in [0.25, 0.3) is 0 Å². The van der Waals surface area contributed by atoms with Crippen LogP contribution in [0.15, 0.2) is 54.6 Å². The molecule has 146 valence electrons. The number of imidazole rings is 1. The van der Waals surface area contributed by atoms with Crippen LogP contribution in [0.25, 0.3) is 16.7 Å². The van der Waals surface area contributed by atoms with Gasteiger partial charge in [0, 0.05) is 17.8 Å². The Labute approximate surface area is 172 Å². The van der Waals surface area contributed by atoms with Gasteiger partial charge < -0.3 is 5.32 Å². The third kappa shape index (κ3) is 2.93. The van der Waals surface area contributed by atoms with E-state index in [1.165, 1.54) is 44.8 Å². The van der Waals surface area contributed by atoms with E-state index >= 15 is 0 Å². The fourth-order valence-electron chi connectivity index (χ4n) is 4.64. The van der Waals surface area contributed by atoms with Crippen LogP contribution < -0.4 is 5.32 Å². The molecule has 3 nitrogen and oxygen atoms in total. The maximum absolute atomic E-state index is 5.03. The van der Waals surface area contributed by atoms with E-state index in [9.17, 15) is 0 Å². The molecule has 0 spiro atoms. The molecule has 4 aromatic rings. The lowest BCUT2D eigenvalue weighted by Gasteiger charge is -2.18. The second-order valence-corrected chi connectivity index (χ2v) is 8.07. The van der Waals surface area contributed by atoms with Crippen molar-refractivity contribution >= 4 is 22.4 Å². The van der Waals surface area contributed by atoms with Gasteiger partial charge in [-0.05, 0) is 79.6 Å². The van der Waals surface area contributed by atoms with Gasteiger partial charge in [0.1, 0.15) is 5.82 Å². The van der Waals surface area contributed by atoms with Crippen molar-refractivity contribution in [2.45, 2.75) is 46.5 Å². The highest BCUT2D eigenvalue weighted by atomic mass is 15.1. The first-order valence-corrected chi connectivity index (χ1v) is 10.6. The van der Waals surface area contributed by atoms with E-state index in [2.05, 4.69) is 85.3 Å². The second-order valence-electron chi connectivity index (χ2n) is 8.07. The van der Waals surface area contributed by atoms with Crippen LogP contribution in [0.3, 0.4) is 0 Å². The molecule has 0 atom stereocenters. The molecule has 0 fully saturated rings. The maximum Gasteiger partial charge on any atom is 0.114 e. The van der Waals surface area contributed by atoms with Gasteiger partial charge in [-0.25, -0.2) is 4.98 Å². The summed E-state index contributed by atoms with van der Waals surface area (Å²) in [6, 6.07) is 19.7. The molecule has 1 aromatic heterocycles. The minimum atomic E-state index is 0.980. The molecule has 0 amide bonds. The number of fused-ring (bicyclic) bond motifs is 3. The Morgan fingerprint density at radius 1 is 0.931 bits per heavy atom. The number of hydrogen-bond acceptors (Lipinski definition) is 2. The average Bonchev–Trinajstić information content (AvgIpc) is 2.97. The van der Waals surface area contributed by atoms with Crippen LogP contribution in [-0.4, -0.2) is 9.55 Å². The molecule has 0 saturated carbocycles. The number of aryl methyl sites for hydroxylation is 3. The summed E-state index contributed by atoms with van der Waals surface area (Å²) in [6.45, 7) is 6.64. The molecule has 1 aliphatic heterocycles. The third-order valence-electron chi connectivity index (χ3n) is 6.17. The number of anilines is 2. The first kappa shape index (κ1) is 18.0. The summed E-state index contributed by atoms with van der Waals surface area (Å²) >= 11 is 0. The van der Waals surface area contributed by atoms with Crippen LogP contribution in [0.5, 0.6) is 0 Å². The minimum Gasteiger partial charge on any atom is -0.355 e. The molecule has 5 rings (SSSR count). The first-order valence-electron chi connectivity index (χ1n) is 10.6. The zero-order valence-corrected chi connectivity index (χ0v) is 17.4. The first-order chi connectivity index (χ1) is 14.2. The van der Waals surface area contributed by atoms with Crippen molar-refractivity contribution in [3.8, 4) is 5.69 Å². The van der Waals surface area contributed by atoms with Crippen LogP contribution >= 0.6 is 0 Å². The van der Waals surface area contributed by atoms with E-state index in [4.69, 9.17) is 4.98 Å². The van der Waals surface area contributed by atoms with Gasteiger partial charge in [-0.1, -0.05) is 37.3 Å². The quantitative estimate of drug-likeness (QED) is 0.443. The zero-order chi connectivity index (χ0) is 20.0. The molecule has 3 heteroatoms. The predicted octanol–water partition coefficient (Wildman–Crippen LogP) is 6.44. The van der Waals surface area contributed by atoms with Crippen LogP contribution in [0.2, 0.25) is 0 Å². The number of benzene rings is 3. The average molecular weight is 382 g/mol. The Bertz CT molecular complexity index is 1220. The maximum atomic E-state index is 5.03. The smallest absolute Gasteiger partial charge is 0.114 e. The monoisotopic (exact) mass is 381 g/mol. The standard InChI is InChI=1S/C26H27N3/c1-4-8-25-28-26-17(2)9-7-12-24(26)29(25)23-16-15-22-20(18(23)3)14-13-19-10-5-6-11-21(19)27-22/h5-7,9-12,15-16,27H,4,8,13-14H2,1-3H3. The summed E-state index contributed by atoms with van der Waals surface area (Å²) in [5, 5.41) is 3.68. The third-order valence-corrected chi connectivity index (χ3v) is 6.17. The molecule has 0 unspecified atom stereocenters. The lowest BCUT2D eigenvalue weighted by atomic mass is 9.98. The van der Waals surface area contributed by atoms with Crippen molar-refractivity contribution in [3.63, 3.8) is 0 Å². The summed E-state index contributed by atoms with van der Waals surface area (Å²) in [5.74, 6) is 1.16. The number of nitrogens with zero attached hydrogens (tertiary/aromatic N) is 2. The molecule has 2 heterocycles. The summed E-state index contributed by atoms with van der Waals surface area (Å²) in [6.07, 6.45) is 4.18. The van der Waals surface area contributed by atoms with Gasteiger partial charge >= 0.3 is 0 Å². The summed E-state index contributed by atoms with van der Waals surface area (Å²) in [7, 11) is 0. The van der Waals surface area contributed by atoms with E-state index in [1.807, 2.05) is 0 Å². The Morgan fingerprint density at radius 3 is 2.66 bits per heavy atom. The molecule has 0 bridgehead atoms. The highest BCUT2D eigenvalue weighted by Crippen LogP contribution is 2.35. The molecular weight excluding hydrogens is 354 g/mol. The molecule has 0 radical (unpaired) electrons. The van der Waals surface area contributed by atoms with E-state index in [-0.39, 0.29) is 0 Å². The fourth-order valence-corrected chi connectivity index (χ4v) is 4.64. The number of para-hydroxylation sites is 2. The normalized spacial score (nSPS) is 12.9. The number of nitrogens with one attached hydrogen (secondary N) is 1. The van der Waals surface area contributed by atoms with Gasteiger partial charge in [-0.15, -0.1) is 0 Å². The lowest BCUT2D eigenvalue weighted by Crippen LogP contribution is -2.06. The summed E-state index contributed by atoms with van der Waals surface area (Å²) in [4.78, 5) is 5.03. The van der Waals surface area contributed by atoms with Crippen molar-refractivity contribution in [1.82, 2.24) is 9.55 Å². The number of aromatic nitrogens is 2. The SMILES string of the molecule is CCCc1nc2c(C)cccc2n1-c1ccc2c(c1C)CCc1ccccc1N2. The predicted molar refractivity (Wildman–Crippen MR) is 122 cm³/mol. The van der Waals surface area contributed by atoms with E-state index in [1.54, 1.807) is 0 Å². The highest BCUT2D eigenvalue weighted by Gasteiger charge is 2.20. The van der Waals surface area contributed by atoms with Crippen molar-refractivity contribution in [2.24, 2.45) is 0 Å².